The number of fused-ring (bicyclic) bond motifs is 1. The first-order chi connectivity index (χ1) is 12.6. The van der Waals surface area contributed by atoms with Gasteiger partial charge in [0.25, 0.3) is 0 Å². The highest BCUT2D eigenvalue weighted by Crippen LogP contribution is 2.31. The molecule has 5 nitrogen and oxygen atoms in total. The quantitative estimate of drug-likeness (QED) is 0.506. The van der Waals surface area contributed by atoms with Crippen molar-refractivity contribution in [2.75, 3.05) is 5.32 Å². The first kappa shape index (κ1) is 16.9. The molecular formula is C19H15BrN4OS. The summed E-state index contributed by atoms with van der Waals surface area (Å²) in [6, 6.07) is 14.0. The van der Waals surface area contributed by atoms with Crippen molar-refractivity contribution in [1.29, 1.82) is 0 Å². The molecule has 1 amide bonds. The van der Waals surface area contributed by atoms with Crippen LogP contribution < -0.4 is 5.32 Å². The number of anilines is 1. The van der Waals surface area contributed by atoms with Gasteiger partial charge in [0.15, 0.2) is 0 Å². The number of aryl methyl sites for hydroxylation is 1. The molecule has 4 rings (SSSR count). The summed E-state index contributed by atoms with van der Waals surface area (Å²) in [5.41, 5.74) is 4.04. The van der Waals surface area contributed by atoms with Crippen LogP contribution in [0.2, 0.25) is 0 Å². The lowest BCUT2D eigenvalue weighted by Gasteiger charge is -2.06. The van der Waals surface area contributed by atoms with Crippen molar-refractivity contribution < 1.29 is 4.79 Å². The first-order valence-electron chi connectivity index (χ1n) is 8.02. The topological polar surface area (TPSA) is 59.8 Å². The third-order valence-electron chi connectivity index (χ3n) is 3.87. The third kappa shape index (κ3) is 3.68. The standard InChI is InChI=1S/C19H15BrN4OS/c1-12-2-7-16-17(8-12)26-19(23-16)13-3-5-15(6-4-13)22-18(25)11-24-10-14(20)9-21-24/h2-10H,11H2,1H3,(H,22,25). The van der Waals surface area contributed by atoms with Gasteiger partial charge in [-0.15, -0.1) is 11.3 Å². The minimum absolute atomic E-state index is 0.121. The van der Waals surface area contributed by atoms with Crippen molar-refractivity contribution in [3.05, 3.63) is 64.9 Å². The van der Waals surface area contributed by atoms with Gasteiger partial charge in [0.05, 0.1) is 20.9 Å². The maximum atomic E-state index is 12.1. The Balaban J connectivity index is 1.48. The van der Waals surface area contributed by atoms with E-state index in [1.165, 1.54) is 10.3 Å². The fourth-order valence-electron chi connectivity index (χ4n) is 2.62. The summed E-state index contributed by atoms with van der Waals surface area (Å²) < 4.78 is 3.61. The van der Waals surface area contributed by atoms with Crippen LogP contribution in [0.3, 0.4) is 0 Å². The van der Waals surface area contributed by atoms with Crippen LogP contribution in [0.15, 0.2) is 59.3 Å². The van der Waals surface area contributed by atoms with Gasteiger partial charge in [-0.3, -0.25) is 9.48 Å². The molecule has 0 saturated heterocycles. The average molecular weight is 427 g/mol. The van der Waals surface area contributed by atoms with Crippen molar-refractivity contribution >= 4 is 49.1 Å². The van der Waals surface area contributed by atoms with Crippen LogP contribution >= 0.6 is 27.3 Å². The molecule has 0 atom stereocenters. The molecule has 2 aromatic heterocycles. The largest absolute Gasteiger partial charge is 0.324 e. The lowest BCUT2D eigenvalue weighted by atomic mass is 10.2. The summed E-state index contributed by atoms with van der Waals surface area (Å²) in [6.07, 6.45) is 3.42. The summed E-state index contributed by atoms with van der Waals surface area (Å²) >= 11 is 4.99. The maximum absolute atomic E-state index is 12.1. The first-order valence-corrected chi connectivity index (χ1v) is 9.63. The van der Waals surface area contributed by atoms with Crippen LogP contribution in [0.4, 0.5) is 5.69 Å². The number of hydrogen-bond acceptors (Lipinski definition) is 4. The maximum Gasteiger partial charge on any atom is 0.246 e. The Morgan fingerprint density at radius 1 is 1.23 bits per heavy atom. The van der Waals surface area contributed by atoms with E-state index in [9.17, 15) is 4.79 Å². The van der Waals surface area contributed by atoms with Crippen molar-refractivity contribution in [3.63, 3.8) is 0 Å². The SMILES string of the molecule is Cc1ccc2nc(-c3ccc(NC(=O)Cn4cc(Br)cn4)cc3)sc2c1. The second-order valence-electron chi connectivity index (χ2n) is 5.97. The molecule has 0 spiro atoms. The van der Waals surface area contributed by atoms with Gasteiger partial charge in [0.2, 0.25) is 5.91 Å². The molecule has 0 aliphatic carbocycles. The Hall–Kier alpha value is -2.51. The van der Waals surface area contributed by atoms with Crippen LogP contribution in [0.25, 0.3) is 20.8 Å². The number of nitrogens with one attached hydrogen (secondary N) is 1. The Morgan fingerprint density at radius 3 is 2.77 bits per heavy atom. The molecule has 0 aliphatic rings. The van der Waals surface area contributed by atoms with Crippen LogP contribution in [-0.4, -0.2) is 20.7 Å². The molecule has 2 aromatic carbocycles. The zero-order chi connectivity index (χ0) is 18.1. The molecular weight excluding hydrogens is 412 g/mol. The number of aromatic nitrogens is 3. The van der Waals surface area contributed by atoms with Gasteiger partial charge in [-0.1, -0.05) is 6.07 Å². The third-order valence-corrected chi connectivity index (χ3v) is 5.34. The van der Waals surface area contributed by atoms with Gasteiger partial charge >= 0.3 is 0 Å². The van der Waals surface area contributed by atoms with E-state index in [1.807, 2.05) is 30.3 Å². The number of halogens is 1. The van der Waals surface area contributed by atoms with Gasteiger partial charge in [0.1, 0.15) is 11.6 Å². The molecule has 1 N–H and O–H groups in total. The molecule has 7 heteroatoms. The lowest BCUT2D eigenvalue weighted by Crippen LogP contribution is -2.18. The molecule has 0 unspecified atom stereocenters. The molecule has 130 valence electrons. The highest BCUT2D eigenvalue weighted by Gasteiger charge is 2.08. The van der Waals surface area contributed by atoms with Crippen molar-refractivity contribution in [2.24, 2.45) is 0 Å². The van der Waals surface area contributed by atoms with Crippen LogP contribution in [0, 0.1) is 6.92 Å². The van der Waals surface area contributed by atoms with E-state index in [2.05, 4.69) is 50.4 Å². The summed E-state index contributed by atoms with van der Waals surface area (Å²) in [4.78, 5) is 16.8. The van der Waals surface area contributed by atoms with E-state index in [4.69, 9.17) is 0 Å². The average Bonchev–Trinajstić information content (AvgIpc) is 3.21. The number of hydrogen-bond donors (Lipinski definition) is 1. The highest BCUT2D eigenvalue weighted by molar-refractivity contribution is 9.10. The molecule has 4 aromatic rings. The van der Waals surface area contributed by atoms with E-state index < -0.39 is 0 Å². The number of carbonyl (C=O) groups excluding carboxylic acids is 1. The predicted octanol–water partition coefficient (Wildman–Crippen LogP) is 4.87. The van der Waals surface area contributed by atoms with Gasteiger partial charge < -0.3 is 5.32 Å². The second kappa shape index (κ2) is 7.01. The fraction of sp³-hybridized carbons (Fsp3) is 0.105. The van der Waals surface area contributed by atoms with Crippen LogP contribution in [0.5, 0.6) is 0 Å². The van der Waals surface area contributed by atoms with Gasteiger partial charge in [-0.25, -0.2) is 4.98 Å². The minimum atomic E-state index is -0.121. The molecule has 0 radical (unpaired) electrons. The molecule has 0 aliphatic heterocycles. The van der Waals surface area contributed by atoms with E-state index in [0.29, 0.717) is 0 Å². The summed E-state index contributed by atoms with van der Waals surface area (Å²) in [7, 11) is 0. The minimum Gasteiger partial charge on any atom is -0.324 e. The van der Waals surface area contributed by atoms with Crippen molar-refractivity contribution in [3.8, 4) is 10.6 Å². The molecule has 0 fully saturated rings. The molecule has 0 bridgehead atoms. The number of rotatable bonds is 4. The van der Waals surface area contributed by atoms with Crippen molar-refractivity contribution in [1.82, 2.24) is 14.8 Å². The zero-order valence-corrected chi connectivity index (χ0v) is 16.3. The fourth-order valence-corrected chi connectivity index (χ4v) is 4.02. The van der Waals surface area contributed by atoms with Crippen LogP contribution in [-0.2, 0) is 11.3 Å². The normalized spacial score (nSPS) is 11.0. The Labute approximate surface area is 162 Å². The monoisotopic (exact) mass is 426 g/mol. The summed E-state index contributed by atoms with van der Waals surface area (Å²) in [6.45, 7) is 2.25. The molecule has 26 heavy (non-hydrogen) atoms. The van der Waals surface area contributed by atoms with E-state index >= 15 is 0 Å². The Kier molecular flexibility index (Phi) is 4.57. The van der Waals surface area contributed by atoms with Gasteiger partial charge in [-0.05, 0) is 64.8 Å². The summed E-state index contributed by atoms with van der Waals surface area (Å²) in [5.74, 6) is -0.121. The smallest absolute Gasteiger partial charge is 0.246 e. The molecule has 2 heterocycles. The van der Waals surface area contributed by atoms with Crippen molar-refractivity contribution in [2.45, 2.75) is 13.5 Å². The predicted molar refractivity (Wildman–Crippen MR) is 108 cm³/mol. The second-order valence-corrected chi connectivity index (χ2v) is 7.92. The zero-order valence-electron chi connectivity index (χ0n) is 13.9. The Morgan fingerprint density at radius 2 is 2.04 bits per heavy atom. The number of benzene rings is 2. The van der Waals surface area contributed by atoms with Crippen LogP contribution in [0.1, 0.15) is 5.56 Å². The summed E-state index contributed by atoms with van der Waals surface area (Å²) in [5, 5.41) is 7.94. The van der Waals surface area contributed by atoms with Gasteiger partial charge in [0, 0.05) is 17.4 Å². The van der Waals surface area contributed by atoms with E-state index in [0.717, 1.165) is 26.2 Å². The highest BCUT2D eigenvalue weighted by atomic mass is 79.9. The van der Waals surface area contributed by atoms with E-state index in [-0.39, 0.29) is 12.5 Å². The van der Waals surface area contributed by atoms with E-state index in [1.54, 1.807) is 28.4 Å². The van der Waals surface area contributed by atoms with Gasteiger partial charge in [-0.2, -0.15) is 5.10 Å². The number of nitrogens with zero attached hydrogens (tertiary/aromatic N) is 3. The Bertz CT molecular complexity index is 1080. The number of amides is 1. The number of carbonyl (C=O) groups is 1. The molecule has 0 saturated carbocycles. The number of thiazole rings is 1. The lowest BCUT2D eigenvalue weighted by molar-refractivity contribution is -0.116.